The molecule has 0 radical (unpaired) electrons. The number of aliphatic imine (C=N–C) groups is 1. The van der Waals surface area contributed by atoms with Gasteiger partial charge in [-0.05, 0) is 63.9 Å². The third-order valence-electron chi connectivity index (χ3n) is 8.92. The molecule has 3 aromatic rings. The van der Waals surface area contributed by atoms with E-state index in [4.69, 9.17) is 19.6 Å². The van der Waals surface area contributed by atoms with Gasteiger partial charge in [-0.2, -0.15) is 9.97 Å². The summed E-state index contributed by atoms with van der Waals surface area (Å²) < 4.78 is 67.3. The number of fused-ring (bicyclic) bond motifs is 2. The molecule has 0 aliphatic carbocycles. The summed E-state index contributed by atoms with van der Waals surface area (Å²) in [5, 5.41) is 6.10. The minimum atomic E-state index is -3.79. The molecule has 1 unspecified atom stereocenters. The first-order valence-electron chi connectivity index (χ1n) is 14.8. The summed E-state index contributed by atoms with van der Waals surface area (Å²) in [6.07, 6.45) is 3.48. The largest absolute Gasteiger partial charge is 0.461 e. The molecule has 3 saturated heterocycles. The number of morpholine rings is 1. The number of sulfonamides is 1. The first-order chi connectivity index (χ1) is 21.1. The second-order valence-electron chi connectivity index (χ2n) is 11.7. The van der Waals surface area contributed by atoms with Crippen molar-refractivity contribution in [1.29, 1.82) is 0 Å². The smallest absolute Gasteiger partial charge is 0.319 e. The van der Waals surface area contributed by atoms with Gasteiger partial charge in [-0.1, -0.05) is 30.3 Å². The Balaban J connectivity index is 1.44. The van der Waals surface area contributed by atoms with Gasteiger partial charge in [0.15, 0.2) is 5.83 Å². The summed E-state index contributed by atoms with van der Waals surface area (Å²) in [6, 6.07) is 9.68. The van der Waals surface area contributed by atoms with E-state index in [2.05, 4.69) is 21.6 Å². The lowest BCUT2D eigenvalue weighted by Crippen LogP contribution is -2.47. The van der Waals surface area contributed by atoms with Crippen LogP contribution in [0.15, 0.2) is 41.4 Å². The van der Waals surface area contributed by atoms with Gasteiger partial charge in [-0.15, -0.1) is 0 Å². The van der Waals surface area contributed by atoms with E-state index < -0.39 is 27.8 Å². The summed E-state index contributed by atoms with van der Waals surface area (Å²) in [6.45, 7) is 8.44. The van der Waals surface area contributed by atoms with Gasteiger partial charge in [-0.3, -0.25) is 9.89 Å². The lowest BCUT2D eigenvalue weighted by atomic mass is 9.95. The lowest BCUT2D eigenvalue weighted by Gasteiger charge is -2.35. The van der Waals surface area contributed by atoms with Gasteiger partial charge in [0.1, 0.15) is 29.6 Å². The highest BCUT2D eigenvalue weighted by Gasteiger charge is 2.45. The summed E-state index contributed by atoms with van der Waals surface area (Å²) in [7, 11) is -3.79. The van der Waals surface area contributed by atoms with E-state index >= 15 is 8.78 Å². The minimum absolute atomic E-state index is 0.00845. The first-order valence-corrected chi connectivity index (χ1v) is 16.5. The van der Waals surface area contributed by atoms with Gasteiger partial charge >= 0.3 is 6.01 Å². The Morgan fingerprint density at radius 2 is 1.91 bits per heavy atom. The molecule has 0 saturated carbocycles. The average Bonchev–Trinajstić information content (AvgIpc) is 3.57. The van der Waals surface area contributed by atoms with Crippen molar-refractivity contribution >= 4 is 44.9 Å². The van der Waals surface area contributed by atoms with Crippen molar-refractivity contribution in [1.82, 2.24) is 14.9 Å². The quantitative estimate of drug-likeness (QED) is 0.353. The van der Waals surface area contributed by atoms with Crippen LogP contribution in [0, 0.1) is 12.7 Å². The molecule has 3 aliphatic heterocycles. The van der Waals surface area contributed by atoms with E-state index in [-0.39, 0.29) is 52.8 Å². The number of benzene rings is 2. The van der Waals surface area contributed by atoms with Crippen molar-refractivity contribution in [3.63, 3.8) is 0 Å². The molecule has 4 heterocycles. The maximum absolute atomic E-state index is 16.7. The average molecular weight is 627 g/mol. The lowest BCUT2D eigenvalue weighted by molar-refractivity contribution is 0.0547. The number of halogens is 2. The summed E-state index contributed by atoms with van der Waals surface area (Å²) in [5.74, 6) is -1.31. The number of hydrogen-bond acceptors (Lipinski definition) is 9. The molecule has 1 atom stereocenters. The monoisotopic (exact) mass is 626 g/mol. The van der Waals surface area contributed by atoms with Crippen LogP contribution in [0.2, 0.25) is 0 Å². The van der Waals surface area contributed by atoms with E-state index in [9.17, 15) is 8.42 Å². The van der Waals surface area contributed by atoms with Crippen LogP contribution in [0.1, 0.15) is 42.5 Å². The van der Waals surface area contributed by atoms with Crippen LogP contribution in [-0.4, -0.2) is 86.8 Å². The van der Waals surface area contributed by atoms with E-state index in [1.165, 1.54) is 6.07 Å². The first kappa shape index (κ1) is 30.5. The fourth-order valence-corrected chi connectivity index (χ4v) is 7.60. The Morgan fingerprint density at radius 3 is 2.61 bits per heavy atom. The highest BCUT2D eigenvalue weighted by atomic mass is 32.2. The Bertz CT molecular complexity index is 1720. The maximum atomic E-state index is 16.7. The number of hydrogen-bond donors (Lipinski definition) is 1. The number of rotatable bonds is 9. The van der Waals surface area contributed by atoms with Gasteiger partial charge in [-0.25, -0.2) is 22.3 Å². The van der Waals surface area contributed by atoms with E-state index in [0.29, 0.717) is 29.9 Å². The van der Waals surface area contributed by atoms with Crippen LogP contribution >= 0.6 is 0 Å². The Morgan fingerprint density at radius 1 is 1.18 bits per heavy atom. The highest BCUT2D eigenvalue weighted by molar-refractivity contribution is 7.89. The SMILES string of the molecule is C=N/C(=C(/F)c1nc(OCC23CCCN2CCC3)nc(N2CCOC(CS(N)(=O)=O)C2)c1C)c1cccc2cccc(F)c12. The van der Waals surface area contributed by atoms with E-state index in [1.54, 1.807) is 37.3 Å². The summed E-state index contributed by atoms with van der Waals surface area (Å²) in [5.41, 5.74) is 0.291. The van der Waals surface area contributed by atoms with Crippen molar-refractivity contribution in [2.45, 2.75) is 44.2 Å². The number of aromatic nitrogens is 2. The van der Waals surface area contributed by atoms with Crippen molar-refractivity contribution in [3.8, 4) is 6.01 Å². The zero-order valence-electron chi connectivity index (χ0n) is 24.6. The number of anilines is 1. The third kappa shape index (κ3) is 5.93. The molecular weight excluding hydrogens is 590 g/mol. The molecule has 10 nitrogen and oxygen atoms in total. The Hall–Kier alpha value is -3.52. The number of nitrogens with zero attached hydrogens (tertiary/aromatic N) is 5. The standard InChI is InChI=1S/C31H36F2N6O4S/c1-20-27(26(33)28(35-2)23-9-3-7-21-8-4-10-24(32)25(21)23)36-30(43-19-31-11-5-13-39(31)14-6-12-31)37-29(20)38-15-16-42-22(17-38)18-44(34,40)41/h3-4,7-10,22H,2,5-6,11-19H2,1H3,(H2,34,40,41)/b28-26+. The molecule has 234 valence electrons. The van der Waals surface area contributed by atoms with Crippen molar-refractivity contribution < 1.29 is 26.7 Å². The molecule has 13 heteroatoms. The van der Waals surface area contributed by atoms with Crippen LogP contribution in [0.3, 0.4) is 0 Å². The van der Waals surface area contributed by atoms with Crippen LogP contribution in [0.5, 0.6) is 6.01 Å². The van der Waals surface area contributed by atoms with Crippen LogP contribution in [-0.2, 0) is 14.8 Å². The van der Waals surface area contributed by atoms with Gasteiger partial charge < -0.3 is 14.4 Å². The molecule has 2 aromatic carbocycles. The maximum Gasteiger partial charge on any atom is 0.319 e. The van der Waals surface area contributed by atoms with Gasteiger partial charge in [0, 0.05) is 29.6 Å². The van der Waals surface area contributed by atoms with E-state index in [1.807, 2.05) is 4.90 Å². The molecule has 3 aliphatic rings. The fraction of sp³-hybridized carbons (Fsp3) is 0.452. The molecule has 0 bridgehead atoms. The Labute approximate surface area is 255 Å². The predicted octanol–water partition coefficient (Wildman–Crippen LogP) is 4.07. The second kappa shape index (κ2) is 12.1. The zero-order valence-corrected chi connectivity index (χ0v) is 25.5. The second-order valence-corrected chi connectivity index (χ2v) is 13.4. The van der Waals surface area contributed by atoms with Gasteiger partial charge in [0.2, 0.25) is 10.0 Å². The molecular formula is C31H36F2N6O4S. The van der Waals surface area contributed by atoms with Crippen molar-refractivity contribution in [2.75, 3.05) is 50.0 Å². The normalized spacial score (nSPS) is 20.9. The molecule has 6 rings (SSSR count). The number of primary sulfonamides is 1. The molecule has 2 N–H and O–H groups in total. The Kier molecular flexibility index (Phi) is 8.40. The predicted molar refractivity (Wildman–Crippen MR) is 166 cm³/mol. The van der Waals surface area contributed by atoms with Gasteiger partial charge in [0.25, 0.3) is 0 Å². The minimum Gasteiger partial charge on any atom is -0.461 e. The zero-order chi connectivity index (χ0) is 31.1. The van der Waals surface area contributed by atoms with Crippen LogP contribution in [0.25, 0.3) is 22.3 Å². The highest BCUT2D eigenvalue weighted by Crippen LogP contribution is 2.40. The van der Waals surface area contributed by atoms with Crippen LogP contribution < -0.4 is 14.8 Å². The number of ether oxygens (including phenoxy) is 2. The third-order valence-corrected chi connectivity index (χ3v) is 9.76. The molecule has 44 heavy (non-hydrogen) atoms. The topological polar surface area (TPSA) is 123 Å². The van der Waals surface area contributed by atoms with Crippen LogP contribution in [0.4, 0.5) is 14.6 Å². The van der Waals surface area contributed by atoms with Crippen molar-refractivity contribution in [2.24, 2.45) is 10.1 Å². The fourth-order valence-electron chi connectivity index (χ4n) is 6.88. The molecule has 0 amide bonds. The van der Waals surface area contributed by atoms with Crippen molar-refractivity contribution in [3.05, 3.63) is 59.0 Å². The molecule has 3 fully saturated rings. The van der Waals surface area contributed by atoms with Gasteiger partial charge in [0.05, 0.1) is 24.0 Å². The number of nitrogens with two attached hydrogens (primary N) is 1. The van der Waals surface area contributed by atoms with E-state index in [0.717, 1.165) is 38.8 Å². The molecule has 1 aromatic heterocycles. The summed E-state index contributed by atoms with van der Waals surface area (Å²) >= 11 is 0. The summed E-state index contributed by atoms with van der Waals surface area (Å²) in [4.78, 5) is 17.5. The molecule has 0 spiro atoms.